The molecule has 1 aliphatic heterocycles. The van der Waals surface area contributed by atoms with E-state index in [9.17, 15) is 22.6 Å². The van der Waals surface area contributed by atoms with Crippen molar-refractivity contribution in [2.45, 2.75) is 4.90 Å². The smallest absolute Gasteiger partial charge is 0.229 e. The van der Waals surface area contributed by atoms with Crippen molar-refractivity contribution in [2.75, 3.05) is 21.6 Å². The number of phenolic OH excluding ortho intramolecular Hbond substituents is 1. The monoisotopic (exact) mass is 418 g/mol. The minimum absolute atomic E-state index is 0.000977. The molecule has 0 fully saturated rings. The van der Waals surface area contributed by atoms with E-state index in [1.165, 1.54) is 24.3 Å². The normalized spacial score (nSPS) is 16.7. The molecular formula is C14H15ClN4O5S2. The Morgan fingerprint density at radius 1 is 1.15 bits per heavy atom. The van der Waals surface area contributed by atoms with Crippen LogP contribution in [0.5, 0.6) is 5.75 Å². The molecule has 0 saturated heterocycles. The minimum atomic E-state index is -3.56. The molecule has 12 heteroatoms. The molecule has 0 amide bonds. The molecular weight excluding hydrogens is 404 g/mol. The highest BCUT2D eigenvalue weighted by atomic mass is 35.5. The van der Waals surface area contributed by atoms with Gasteiger partial charge in [0.1, 0.15) is 16.3 Å². The number of sulfonamides is 1. The number of hydrogen-bond donors (Lipinski definition) is 6. The standard InChI is InChI=1S/C14H15ClN4O5S2/c1-25(21,22)18-10-4-2-9(3-5-10)16-14-17-13-11(20)6-8(15)7-12(13)26(23,24)19-14/h2-7,18,20,23-24H,1H3,(H2,16,17,19). The molecule has 0 radical (unpaired) electrons. The number of nitrogens with zero attached hydrogens (tertiary/aromatic N) is 1. The van der Waals surface area contributed by atoms with Gasteiger partial charge in [-0.05, 0) is 30.3 Å². The number of rotatable bonds is 3. The highest BCUT2D eigenvalue weighted by molar-refractivity contribution is 8.23. The summed E-state index contributed by atoms with van der Waals surface area (Å²) in [6.45, 7) is 0. The number of halogens is 1. The predicted molar refractivity (Wildman–Crippen MR) is 104 cm³/mol. The molecule has 2 aromatic rings. The van der Waals surface area contributed by atoms with E-state index in [2.05, 4.69) is 19.8 Å². The van der Waals surface area contributed by atoms with E-state index >= 15 is 0 Å². The molecule has 0 bridgehead atoms. The number of guanidine groups is 1. The van der Waals surface area contributed by atoms with Gasteiger partial charge in [0.2, 0.25) is 16.0 Å². The Kier molecular flexibility index (Phi) is 4.67. The predicted octanol–water partition coefficient (Wildman–Crippen LogP) is 3.34. The van der Waals surface area contributed by atoms with Gasteiger partial charge in [-0.25, -0.2) is 8.42 Å². The van der Waals surface area contributed by atoms with Crippen LogP contribution in [0.2, 0.25) is 5.02 Å². The lowest BCUT2D eigenvalue weighted by Gasteiger charge is -2.34. The Balaban J connectivity index is 1.84. The highest BCUT2D eigenvalue weighted by Gasteiger charge is 2.28. The summed E-state index contributed by atoms with van der Waals surface area (Å²) in [4.78, 5) is -0.0132. The Morgan fingerprint density at radius 3 is 2.38 bits per heavy atom. The third-order valence-corrected chi connectivity index (χ3v) is 5.43. The van der Waals surface area contributed by atoms with Crippen molar-refractivity contribution < 1.29 is 22.6 Å². The molecule has 0 spiro atoms. The van der Waals surface area contributed by atoms with E-state index in [1.807, 2.05) is 0 Å². The third kappa shape index (κ3) is 4.14. The van der Waals surface area contributed by atoms with Crippen LogP contribution in [0.15, 0.2) is 45.7 Å². The molecule has 1 aliphatic rings. The molecule has 6 N–H and O–H groups in total. The molecule has 26 heavy (non-hydrogen) atoms. The van der Waals surface area contributed by atoms with Crippen molar-refractivity contribution in [3.63, 3.8) is 0 Å². The number of nitrogens with one attached hydrogen (secondary N) is 3. The lowest BCUT2D eigenvalue weighted by Crippen LogP contribution is -2.27. The van der Waals surface area contributed by atoms with E-state index in [0.717, 1.165) is 6.26 Å². The summed E-state index contributed by atoms with van der Waals surface area (Å²) < 4.78 is 49.0. The number of anilines is 3. The fourth-order valence-electron chi connectivity index (χ4n) is 2.25. The Labute approximate surface area is 156 Å². The third-order valence-electron chi connectivity index (χ3n) is 3.25. The van der Waals surface area contributed by atoms with Crippen molar-refractivity contribution in [3.05, 3.63) is 41.4 Å². The van der Waals surface area contributed by atoms with Crippen LogP contribution in [0, 0.1) is 0 Å². The van der Waals surface area contributed by atoms with Gasteiger partial charge in [-0.1, -0.05) is 22.4 Å². The summed E-state index contributed by atoms with van der Waals surface area (Å²) in [6, 6.07) is 8.76. The molecule has 2 aromatic carbocycles. The first-order valence-electron chi connectivity index (χ1n) is 7.06. The van der Waals surface area contributed by atoms with Gasteiger partial charge < -0.3 is 15.7 Å². The van der Waals surface area contributed by atoms with Crippen molar-refractivity contribution in [1.29, 1.82) is 0 Å². The first-order chi connectivity index (χ1) is 12.0. The number of benzene rings is 2. The van der Waals surface area contributed by atoms with Crippen LogP contribution in [-0.2, 0) is 10.0 Å². The van der Waals surface area contributed by atoms with Crippen molar-refractivity contribution in [3.8, 4) is 5.75 Å². The zero-order valence-corrected chi connectivity index (χ0v) is 15.7. The van der Waals surface area contributed by atoms with E-state index < -0.39 is 20.8 Å². The molecule has 0 saturated carbocycles. The van der Waals surface area contributed by atoms with E-state index in [-0.39, 0.29) is 27.3 Å². The lowest BCUT2D eigenvalue weighted by atomic mass is 10.3. The number of hydrogen-bond acceptors (Lipinski definition) is 8. The van der Waals surface area contributed by atoms with Gasteiger partial charge in [-0.3, -0.25) is 13.8 Å². The molecule has 1 heterocycles. The van der Waals surface area contributed by atoms with E-state index in [0.29, 0.717) is 11.4 Å². The number of phenols is 1. The fourth-order valence-corrected chi connectivity index (χ4v) is 4.25. The Bertz CT molecular complexity index is 993. The molecule has 0 unspecified atom stereocenters. The zero-order chi connectivity index (χ0) is 19.1. The summed E-state index contributed by atoms with van der Waals surface area (Å²) >= 11 is 5.83. The summed E-state index contributed by atoms with van der Waals surface area (Å²) in [5, 5.41) is 15.7. The van der Waals surface area contributed by atoms with Gasteiger partial charge in [0.25, 0.3) is 0 Å². The fraction of sp³-hybridized carbons (Fsp3) is 0.0714. The average Bonchev–Trinajstić information content (AvgIpc) is 2.49. The van der Waals surface area contributed by atoms with Crippen LogP contribution < -0.4 is 15.4 Å². The van der Waals surface area contributed by atoms with Gasteiger partial charge in [-0.2, -0.15) is 0 Å². The van der Waals surface area contributed by atoms with Gasteiger partial charge in [0, 0.05) is 22.5 Å². The summed E-state index contributed by atoms with van der Waals surface area (Å²) in [5.41, 5.74) is 0.961. The number of aromatic hydroxyl groups is 1. The Morgan fingerprint density at radius 2 is 1.77 bits per heavy atom. The van der Waals surface area contributed by atoms with Crippen LogP contribution in [-0.4, -0.2) is 34.8 Å². The van der Waals surface area contributed by atoms with E-state index in [4.69, 9.17) is 11.6 Å². The van der Waals surface area contributed by atoms with Gasteiger partial charge in [0.05, 0.1) is 6.26 Å². The number of fused-ring (bicyclic) bond motifs is 1. The van der Waals surface area contributed by atoms with Crippen LogP contribution in [0.4, 0.5) is 17.1 Å². The average molecular weight is 419 g/mol. The molecule has 3 rings (SSSR count). The van der Waals surface area contributed by atoms with Crippen molar-refractivity contribution in [1.82, 2.24) is 0 Å². The highest BCUT2D eigenvalue weighted by Crippen LogP contribution is 2.57. The minimum Gasteiger partial charge on any atom is -0.506 e. The van der Waals surface area contributed by atoms with Crippen LogP contribution in [0.25, 0.3) is 0 Å². The molecule has 0 aromatic heterocycles. The second-order valence-electron chi connectivity index (χ2n) is 5.46. The summed E-state index contributed by atoms with van der Waals surface area (Å²) in [5.74, 6) is -0.256. The first-order valence-corrected chi connectivity index (χ1v) is 10.8. The van der Waals surface area contributed by atoms with Crippen LogP contribution in [0.3, 0.4) is 0 Å². The maximum Gasteiger partial charge on any atom is 0.229 e. The second-order valence-corrected chi connectivity index (χ2v) is 9.30. The topological polar surface area (TPSA) is 143 Å². The summed E-state index contributed by atoms with van der Waals surface area (Å²) in [7, 11) is -6.94. The van der Waals surface area contributed by atoms with Gasteiger partial charge >= 0.3 is 0 Å². The maximum atomic E-state index is 11.2. The second kappa shape index (κ2) is 6.52. The van der Waals surface area contributed by atoms with Crippen LogP contribution in [0.1, 0.15) is 0 Å². The largest absolute Gasteiger partial charge is 0.506 e. The quantitative estimate of drug-likeness (QED) is 0.419. The Hall–Kier alpha value is -2.18. The maximum absolute atomic E-state index is 11.2. The van der Waals surface area contributed by atoms with Gasteiger partial charge in [0.15, 0.2) is 0 Å². The lowest BCUT2D eigenvalue weighted by molar-refractivity contribution is 0.470. The van der Waals surface area contributed by atoms with E-state index in [1.54, 1.807) is 12.1 Å². The first kappa shape index (κ1) is 18.6. The SMILES string of the molecule is CS(=O)(=O)Nc1ccc(NC2=NS(O)(O)c3cc(Cl)cc(O)c3N2)cc1. The summed E-state index contributed by atoms with van der Waals surface area (Å²) in [6.07, 6.45) is 1.04. The molecule has 0 aliphatic carbocycles. The van der Waals surface area contributed by atoms with Crippen LogP contribution >= 0.6 is 22.4 Å². The molecule has 9 nitrogen and oxygen atoms in total. The molecule has 0 atom stereocenters. The zero-order valence-electron chi connectivity index (χ0n) is 13.3. The van der Waals surface area contributed by atoms with Gasteiger partial charge in [-0.15, -0.1) is 4.40 Å². The molecule has 140 valence electrons. The van der Waals surface area contributed by atoms with Crippen molar-refractivity contribution in [2.24, 2.45) is 4.40 Å². The van der Waals surface area contributed by atoms with Crippen molar-refractivity contribution >= 4 is 55.4 Å².